The summed E-state index contributed by atoms with van der Waals surface area (Å²) in [6, 6.07) is 13.8. The number of halogens is 1. The molecule has 28 heavy (non-hydrogen) atoms. The molecule has 1 aliphatic rings. The number of rotatable bonds is 3. The lowest BCUT2D eigenvalue weighted by molar-refractivity contribution is -0.132. The van der Waals surface area contributed by atoms with Crippen LogP contribution in [0.2, 0.25) is 5.02 Å². The second-order valence-corrected chi connectivity index (χ2v) is 7.64. The van der Waals surface area contributed by atoms with Gasteiger partial charge in [0.1, 0.15) is 12.3 Å². The van der Waals surface area contributed by atoms with Gasteiger partial charge in [-0.2, -0.15) is 0 Å². The molecule has 0 bridgehead atoms. The fourth-order valence-electron chi connectivity index (χ4n) is 4.09. The molecule has 1 aliphatic heterocycles. The second-order valence-electron chi connectivity index (χ2n) is 7.21. The van der Waals surface area contributed by atoms with E-state index in [2.05, 4.69) is 4.98 Å². The summed E-state index contributed by atoms with van der Waals surface area (Å²) in [6.45, 7) is 1.66. The van der Waals surface area contributed by atoms with Crippen LogP contribution in [0.3, 0.4) is 0 Å². The largest absolute Gasteiger partial charge is 0.497 e. The molecule has 5 nitrogen and oxygen atoms in total. The van der Waals surface area contributed by atoms with Gasteiger partial charge in [0, 0.05) is 63.8 Å². The summed E-state index contributed by atoms with van der Waals surface area (Å²) in [5.74, 6) is 0.938. The van der Waals surface area contributed by atoms with Gasteiger partial charge in [0.05, 0.1) is 7.11 Å². The summed E-state index contributed by atoms with van der Waals surface area (Å²) < 4.78 is 7.28. The highest BCUT2D eigenvalue weighted by molar-refractivity contribution is 6.31. The Morgan fingerprint density at radius 1 is 1.21 bits per heavy atom. The predicted octanol–water partition coefficient (Wildman–Crippen LogP) is 4.37. The van der Waals surface area contributed by atoms with Crippen molar-refractivity contribution >= 4 is 39.3 Å². The summed E-state index contributed by atoms with van der Waals surface area (Å²) in [7, 11) is 1.66. The van der Waals surface area contributed by atoms with E-state index in [1.165, 1.54) is 11.3 Å². The Bertz CT molecular complexity index is 1210. The number of methoxy groups -OCH3 is 1. The number of nitrogens with one attached hydrogen (secondary N) is 1. The SMILES string of the molecule is COc1ccc2c(ccn2CC(=O)N2CCc3[nH]c4ccc(Cl)cc4c3C2)c1. The molecular formula is C22H20ClN3O2. The van der Waals surface area contributed by atoms with Gasteiger partial charge < -0.3 is 19.2 Å². The number of benzene rings is 2. The molecular weight excluding hydrogens is 374 g/mol. The lowest BCUT2D eigenvalue weighted by Crippen LogP contribution is -2.37. The van der Waals surface area contributed by atoms with Crippen molar-refractivity contribution < 1.29 is 9.53 Å². The Morgan fingerprint density at radius 2 is 2.11 bits per heavy atom. The van der Waals surface area contributed by atoms with Crippen molar-refractivity contribution in [2.75, 3.05) is 13.7 Å². The van der Waals surface area contributed by atoms with E-state index in [0.717, 1.165) is 40.5 Å². The van der Waals surface area contributed by atoms with Gasteiger partial charge in [0.2, 0.25) is 5.91 Å². The van der Waals surface area contributed by atoms with Gasteiger partial charge in [-0.05, 0) is 42.5 Å². The number of aromatic nitrogens is 2. The first-order valence-electron chi connectivity index (χ1n) is 9.32. The molecule has 1 N–H and O–H groups in total. The van der Waals surface area contributed by atoms with Gasteiger partial charge in [-0.15, -0.1) is 0 Å². The Labute approximate surface area is 167 Å². The van der Waals surface area contributed by atoms with Crippen molar-refractivity contribution in [3.8, 4) is 5.75 Å². The van der Waals surface area contributed by atoms with Crippen LogP contribution in [0.1, 0.15) is 11.3 Å². The van der Waals surface area contributed by atoms with E-state index in [-0.39, 0.29) is 5.91 Å². The summed E-state index contributed by atoms with van der Waals surface area (Å²) in [6.07, 6.45) is 2.79. The summed E-state index contributed by atoms with van der Waals surface area (Å²) in [4.78, 5) is 18.4. The topological polar surface area (TPSA) is 50.3 Å². The first-order valence-corrected chi connectivity index (χ1v) is 9.70. The highest BCUT2D eigenvalue weighted by atomic mass is 35.5. The van der Waals surface area contributed by atoms with E-state index in [1.807, 2.05) is 58.1 Å². The van der Waals surface area contributed by atoms with Crippen LogP contribution >= 0.6 is 11.6 Å². The van der Waals surface area contributed by atoms with Crippen molar-refractivity contribution in [3.05, 3.63) is 64.9 Å². The van der Waals surface area contributed by atoms with Crippen LogP contribution in [-0.2, 0) is 24.3 Å². The number of carbonyl (C=O) groups is 1. The van der Waals surface area contributed by atoms with Crippen LogP contribution in [0.5, 0.6) is 5.75 Å². The Hall–Kier alpha value is -2.92. The van der Waals surface area contributed by atoms with Gasteiger partial charge in [-0.3, -0.25) is 4.79 Å². The van der Waals surface area contributed by atoms with Gasteiger partial charge in [-0.25, -0.2) is 0 Å². The predicted molar refractivity (Wildman–Crippen MR) is 111 cm³/mol. The zero-order valence-corrected chi connectivity index (χ0v) is 16.3. The monoisotopic (exact) mass is 393 g/mol. The molecule has 0 unspecified atom stereocenters. The fourth-order valence-corrected chi connectivity index (χ4v) is 4.26. The second kappa shape index (κ2) is 6.60. The third-order valence-corrected chi connectivity index (χ3v) is 5.81. The van der Waals surface area contributed by atoms with Crippen molar-refractivity contribution in [2.45, 2.75) is 19.5 Å². The minimum atomic E-state index is 0.121. The van der Waals surface area contributed by atoms with Crippen molar-refractivity contribution in [1.82, 2.24) is 14.5 Å². The lowest BCUT2D eigenvalue weighted by atomic mass is 10.0. The average Bonchev–Trinajstić information content (AvgIpc) is 3.28. The van der Waals surface area contributed by atoms with E-state index in [0.29, 0.717) is 18.1 Å². The van der Waals surface area contributed by atoms with Crippen LogP contribution in [0, 0.1) is 0 Å². The third-order valence-electron chi connectivity index (χ3n) is 5.57. The van der Waals surface area contributed by atoms with Crippen LogP contribution in [0.15, 0.2) is 48.7 Å². The molecule has 2 aromatic heterocycles. The Balaban J connectivity index is 1.40. The summed E-state index contributed by atoms with van der Waals surface area (Å²) >= 11 is 6.18. The highest BCUT2D eigenvalue weighted by Gasteiger charge is 2.24. The van der Waals surface area contributed by atoms with Gasteiger partial charge in [-0.1, -0.05) is 11.6 Å². The number of amides is 1. The van der Waals surface area contributed by atoms with E-state index >= 15 is 0 Å². The number of nitrogens with zero attached hydrogens (tertiary/aromatic N) is 2. The molecule has 2 aromatic carbocycles. The third kappa shape index (κ3) is 2.83. The van der Waals surface area contributed by atoms with Crippen molar-refractivity contribution in [2.24, 2.45) is 0 Å². The van der Waals surface area contributed by atoms with Crippen molar-refractivity contribution in [3.63, 3.8) is 0 Å². The van der Waals surface area contributed by atoms with E-state index in [4.69, 9.17) is 16.3 Å². The van der Waals surface area contributed by atoms with Crippen LogP contribution in [0.25, 0.3) is 21.8 Å². The minimum absolute atomic E-state index is 0.121. The average molecular weight is 394 g/mol. The molecule has 0 saturated carbocycles. The number of carbonyl (C=O) groups excluding carboxylic acids is 1. The maximum atomic E-state index is 13.0. The molecule has 5 rings (SSSR count). The van der Waals surface area contributed by atoms with Crippen LogP contribution < -0.4 is 4.74 Å². The fraction of sp³-hybridized carbons (Fsp3) is 0.227. The number of H-pyrrole nitrogens is 1. The molecule has 3 heterocycles. The molecule has 0 atom stereocenters. The first-order chi connectivity index (χ1) is 13.6. The smallest absolute Gasteiger partial charge is 0.242 e. The van der Waals surface area contributed by atoms with Gasteiger partial charge >= 0.3 is 0 Å². The number of ether oxygens (including phenoxy) is 1. The summed E-state index contributed by atoms with van der Waals surface area (Å²) in [5.41, 5.74) is 4.50. The number of hydrogen-bond donors (Lipinski definition) is 1. The Morgan fingerprint density at radius 3 is 2.96 bits per heavy atom. The van der Waals surface area contributed by atoms with Gasteiger partial charge in [0.15, 0.2) is 0 Å². The zero-order valence-electron chi connectivity index (χ0n) is 15.5. The molecule has 1 amide bonds. The quantitative estimate of drug-likeness (QED) is 0.562. The molecule has 0 spiro atoms. The number of fused-ring (bicyclic) bond motifs is 4. The molecule has 0 saturated heterocycles. The number of hydrogen-bond acceptors (Lipinski definition) is 2. The maximum absolute atomic E-state index is 13.0. The summed E-state index contributed by atoms with van der Waals surface area (Å²) in [5, 5.41) is 2.89. The molecule has 6 heteroatoms. The lowest BCUT2D eigenvalue weighted by Gasteiger charge is -2.27. The molecule has 0 radical (unpaired) electrons. The molecule has 4 aromatic rings. The molecule has 0 aliphatic carbocycles. The van der Waals surface area contributed by atoms with E-state index in [9.17, 15) is 4.79 Å². The van der Waals surface area contributed by atoms with E-state index in [1.54, 1.807) is 7.11 Å². The maximum Gasteiger partial charge on any atom is 0.242 e. The van der Waals surface area contributed by atoms with Crippen LogP contribution in [-0.4, -0.2) is 34.0 Å². The standard InChI is InChI=1S/C22H20ClN3O2/c1-28-16-3-5-21-14(10-16)6-8-25(21)13-22(27)26-9-7-20-18(12-26)17-11-15(23)2-4-19(17)24-20/h2-6,8,10-11,24H,7,9,12-13H2,1H3. The van der Waals surface area contributed by atoms with E-state index < -0.39 is 0 Å². The zero-order chi connectivity index (χ0) is 19.3. The normalized spacial score (nSPS) is 13.9. The van der Waals surface area contributed by atoms with Crippen LogP contribution in [0.4, 0.5) is 0 Å². The minimum Gasteiger partial charge on any atom is -0.497 e. The molecule has 142 valence electrons. The first kappa shape index (κ1) is 17.2. The number of aromatic amines is 1. The Kier molecular flexibility index (Phi) is 4.05. The highest BCUT2D eigenvalue weighted by Crippen LogP contribution is 2.30. The van der Waals surface area contributed by atoms with Gasteiger partial charge in [0.25, 0.3) is 0 Å². The van der Waals surface area contributed by atoms with Crippen molar-refractivity contribution in [1.29, 1.82) is 0 Å². The molecule has 0 fully saturated rings.